The van der Waals surface area contributed by atoms with E-state index in [4.69, 9.17) is 25.1 Å². The molecule has 1 aliphatic rings. The van der Waals surface area contributed by atoms with E-state index in [-0.39, 0.29) is 44.1 Å². The number of rotatable bonds is 8. The van der Waals surface area contributed by atoms with Gasteiger partial charge in [0.2, 0.25) is 0 Å². The van der Waals surface area contributed by atoms with Crippen molar-refractivity contribution < 1.29 is 20.6 Å². The molecule has 0 radical (unpaired) electrons. The Morgan fingerprint density at radius 2 is 1.55 bits per heavy atom. The molecular formula is C45H33N3S. The van der Waals surface area contributed by atoms with Gasteiger partial charge >= 0.3 is 0 Å². The molecule has 0 saturated carbocycles. The highest BCUT2D eigenvalue weighted by Gasteiger charge is 2.23. The molecule has 0 saturated heterocycles. The molecule has 1 unspecified atom stereocenters. The zero-order chi connectivity index (χ0) is 45.9. The highest BCUT2D eigenvalue weighted by atomic mass is 32.1. The maximum Gasteiger partial charge on any atom is 0.171 e. The summed E-state index contributed by atoms with van der Waals surface area (Å²) >= 11 is 1.57. The van der Waals surface area contributed by atoms with Gasteiger partial charge in [0, 0.05) is 36.9 Å². The summed E-state index contributed by atoms with van der Waals surface area (Å²) in [6, 6.07) is 15.0. The van der Waals surface area contributed by atoms with Gasteiger partial charge in [-0.25, -0.2) is 9.98 Å². The number of thiophene rings is 1. The Bertz CT molecular complexity index is 3370. The van der Waals surface area contributed by atoms with E-state index in [0.717, 1.165) is 31.8 Å². The summed E-state index contributed by atoms with van der Waals surface area (Å²) in [5.74, 6) is 0.268. The largest absolute Gasteiger partial charge is 0.324 e. The van der Waals surface area contributed by atoms with Crippen molar-refractivity contribution in [2.24, 2.45) is 9.98 Å². The Morgan fingerprint density at radius 1 is 0.776 bits per heavy atom. The quantitative estimate of drug-likeness (QED) is 0.128. The molecule has 1 aromatic heterocycles. The first-order valence-electron chi connectivity index (χ1n) is 22.8. The number of fused-ring (bicyclic) bond motifs is 6. The normalized spacial score (nSPS) is 21.1. The van der Waals surface area contributed by atoms with Crippen LogP contribution in [0.15, 0.2) is 168 Å². The average molecular weight is 663 g/mol. The molecule has 0 aliphatic carbocycles. The first-order valence-corrected chi connectivity index (χ1v) is 15.9. The third-order valence-electron chi connectivity index (χ3n) is 8.10. The second-order valence-electron chi connectivity index (χ2n) is 10.9. The SMILES string of the molecule is [2H]C=C([2H])/C(C1=NC(c2cccc3c2sc2ccccc23)N=C(c2ccccc2)N1)=C([2H])\C([2H])=C\c1c([2H])c([2H])c2c(C([2H])=C[2H])c(C([2H])=C[2H])c3c([2H])c([2H])c([2H])c([2H])c3c2c1[2H]. The van der Waals surface area contributed by atoms with Crippen molar-refractivity contribution in [1.82, 2.24) is 5.32 Å². The second kappa shape index (κ2) is 12.8. The van der Waals surface area contributed by atoms with Crippen LogP contribution in [-0.4, -0.2) is 11.7 Å². The number of nitrogens with one attached hydrogen (secondary N) is 1. The first kappa shape index (κ1) is 17.9. The topological polar surface area (TPSA) is 36.8 Å². The lowest BCUT2D eigenvalue weighted by Crippen LogP contribution is -2.36. The van der Waals surface area contributed by atoms with Crippen molar-refractivity contribution >= 4 is 82.9 Å². The lowest BCUT2D eigenvalue weighted by atomic mass is 9.90. The molecule has 1 aliphatic heterocycles. The lowest BCUT2D eigenvalue weighted by Gasteiger charge is -2.23. The summed E-state index contributed by atoms with van der Waals surface area (Å²) in [6.45, 7) is 1.84. The molecule has 1 atom stereocenters. The maximum absolute atomic E-state index is 9.46. The summed E-state index contributed by atoms with van der Waals surface area (Å²) in [5, 5.41) is 3.78. The standard InChI is InChI=1S/C45H33N3S/c1-4-30(19-14-16-29-26-27-36-33(6-3)32(5-2)34-20-10-11-21-35(34)40(36)28-29)43-46-44(31-17-8-7-9-18-31)48-45(47-43)39-24-15-23-38-37-22-12-13-25-41(37)49-42(38)39/h4-28,45H,1-3H2,(H,46,47,48)/b16-14+,30-19+/i1D,2D,3D,4D,5D,6D,10D,11D,14D,19D,20D,21D,26D,27D,28D/b4-1?,5-2?,6-3?,16-14+,30-19+. The molecule has 1 N–H and O–H groups in total. The monoisotopic (exact) mass is 662 g/mol. The van der Waals surface area contributed by atoms with E-state index in [1.54, 1.807) is 11.3 Å². The van der Waals surface area contributed by atoms with Crippen LogP contribution in [-0.2, 0) is 0 Å². The molecule has 8 rings (SSSR count). The number of nitrogens with zero attached hydrogens (tertiary/aromatic N) is 2. The Balaban J connectivity index is 1.39. The predicted molar refractivity (Wildman–Crippen MR) is 215 cm³/mol. The van der Waals surface area contributed by atoms with Gasteiger partial charge in [-0.05, 0) is 50.3 Å². The van der Waals surface area contributed by atoms with Crippen LogP contribution in [0.5, 0.6) is 0 Å². The van der Waals surface area contributed by atoms with Crippen molar-refractivity contribution in [3.63, 3.8) is 0 Å². The molecule has 2 heterocycles. The molecule has 0 fully saturated rings. The van der Waals surface area contributed by atoms with Crippen LogP contribution >= 0.6 is 11.3 Å². The van der Waals surface area contributed by atoms with E-state index in [9.17, 15) is 5.48 Å². The molecule has 0 amide bonds. The summed E-state index contributed by atoms with van der Waals surface area (Å²) in [4.78, 5) is 9.86. The fourth-order valence-corrected chi connectivity index (χ4v) is 7.10. The minimum Gasteiger partial charge on any atom is -0.324 e. The fraction of sp³-hybridized carbons (Fsp3) is 0.0222. The summed E-state index contributed by atoms with van der Waals surface area (Å²) < 4.78 is 133. The van der Waals surface area contributed by atoms with Crippen molar-refractivity contribution in [2.75, 3.05) is 0 Å². The summed E-state index contributed by atoms with van der Waals surface area (Å²) in [6.07, 6.45) is 0.0291. The third kappa shape index (κ3) is 5.42. The van der Waals surface area contributed by atoms with Crippen LogP contribution in [0.4, 0.5) is 0 Å². The van der Waals surface area contributed by atoms with Gasteiger partial charge in [-0.3, -0.25) is 0 Å². The van der Waals surface area contributed by atoms with Gasteiger partial charge in [0.25, 0.3) is 0 Å². The predicted octanol–water partition coefficient (Wildman–Crippen LogP) is 11.9. The number of benzene rings is 6. The fourth-order valence-electron chi connectivity index (χ4n) is 5.87. The number of amidine groups is 2. The van der Waals surface area contributed by atoms with Crippen molar-refractivity contribution in [1.29, 1.82) is 0 Å². The van der Waals surface area contributed by atoms with Gasteiger partial charge in [0.1, 0.15) is 11.7 Å². The van der Waals surface area contributed by atoms with E-state index >= 15 is 0 Å². The van der Waals surface area contributed by atoms with Gasteiger partial charge in [-0.2, -0.15) is 0 Å². The maximum atomic E-state index is 9.46. The van der Waals surface area contributed by atoms with E-state index in [0.29, 0.717) is 31.1 Å². The van der Waals surface area contributed by atoms with Gasteiger partial charge in [-0.15, -0.1) is 11.3 Å². The van der Waals surface area contributed by atoms with Crippen molar-refractivity contribution in [3.05, 3.63) is 186 Å². The van der Waals surface area contributed by atoms with Crippen LogP contribution in [0.3, 0.4) is 0 Å². The van der Waals surface area contributed by atoms with Crippen LogP contribution in [0.2, 0.25) is 0 Å². The zero-order valence-corrected chi connectivity index (χ0v) is 26.4. The number of aliphatic imine (C=N–C) groups is 2. The Hall–Kier alpha value is -6.10. The number of hydrogen-bond acceptors (Lipinski definition) is 4. The van der Waals surface area contributed by atoms with Gasteiger partial charge < -0.3 is 5.32 Å². The van der Waals surface area contributed by atoms with E-state index < -0.39 is 84.3 Å². The van der Waals surface area contributed by atoms with Crippen LogP contribution in [0.25, 0.3) is 59.9 Å². The first-order chi connectivity index (χ1) is 30.6. The number of allylic oxidation sites excluding steroid dienone is 2. The van der Waals surface area contributed by atoms with Crippen molar-refractivity contribution in [2.45, 2.75) is 6.17 Å². The van der Waals surface area contributed by atoms with E-state index in [1.807, 2.05) is 72.8 Å². The molecule has 49 heavy (non-hydrogen) atoms. The molecule has 0 spiro atoms. The second-order valence-corrected chi connectivity index (χ2v) is 12.0. The van der Waals surface area contributed by atoms with Gasteiger partial charge in [-0.1, -0.05) is 159 Å². The molecule has 0 bridgehead atoms. The van der Waals surface area contributed by atoms with Gasteiger partial charge in [0.05, 0.1) is 20.6 Å². The highest BCUT2D eigenvalue weighted by molar-refractivity contribution is 7.26. The van der Waals surface area contributed by atoms with E-state index in [2.05, 4.69) is 5.32 Å². The Labute approximate surface area is 311 Å². The average Bonchev–Trinajstić information content (AvgIpc) is 3.71. The Kier molecular flexibility index (Phi) is 4.68. The van der Waals surface area contributed by atoms with Crippen LogP contribution in [0, 0.1) is 0 Å². The molecule has 7 aromatic rings. The van der Waals surface area contributed by atoms with Gasteiger partial charge in [0.15, 0.2) is 6.17 Å². The molecule has 3 nitrogen and oxygen atoms in total. The minimum atomic E-state index is -0.915. The molecular weight excluding hydrogens is 615 g/mol. The third-order valence-corrected chi connectivity index (χ3v) is 9.34. The molecule has 6 aromatic carbocycles. The van der Waals surface area contributed by atoms with Crippen LogP contribution < -0.4 is 5.32 Å². The highest BCUT2D eigenvalue weighted by Crippen LogP contribution is 2.40. The molecule has 234 valence electrons. The number of hydrogen-bond donors (Lipinski definition) is 1. The van der Waals surface area contributed by atoms with Crippen LogP contribution in [0.1, 0.15) is 54.5 Å². The lowest BCUT2D eigenvalue weighted by molar-refractivity contribution is 0.763. The summed E-state index contributed by atoms with van der Waals surface area (Å²) in [5.41, 5.74) is -0.0739. The smallest absolute Gasteiger partial charge is 0.171 e. The molecule has 4 heteroatoms. The Morgan fingerprint density at radius 3 is 2.39 bits per heavy atom. The summed E-state index contributed by atoms with van der Waals surface area (Å²) in [7, 11) is 0. The van der Waals surface area contributed by atoms with E-state index in [1.165, 1.54) is 0 Å². The minimum absolute atomic E-state index is 0.0662. The van der Waals surface area contributed by atoms with Crippen molar-refractivity contribution in [3.8, 4) is 0 Å². The zero-order valence-electron chi connectivity index (χ0n) is 40.6.